The molecule has 0 unspecified atom stereocenters. The normalized spacial score (nSPS) is 16.5. The first-order chi connectivity index (χ1) is 10.2. The molecule has 3 N–H and O–H groups in total. The monoisotopic (exact) mass is 288 g/mol. The zero-order chi connectivity index (χ0) is 14.7. The van der Waals surface area contributed by atoms with Gasteiger partial charge in [-0.3, -0.25) is 5.10 Å². The molecule has 3 rings (SSSR count). The summed E-state index contributed by atoms with van der Waals surface area (Å²) in [6, 6.07) is 6.51. The average molecular weight is 288 g/mol. The Hall–Kier alpha value is -1.75. The number of hydrogen-bond donors (Lipinski definition) is 3. The summed E-state index contributed by atoms with van der Waals surface area (Å²) in [4.78, 5) is 0. The number of rotatable bonds is 5. The molecule has 5 nitrogen and oxygen atoms in total. The Balaban J connectivity index is 1.66. The molecule has 0 spiro atoms. The van der Waals surface area contributed by atoms with Crippen LogP contribution in [0.25, 0.3) is 10.9 Å². The highest BCUT2D eigenvalue weighted by Gasteiger charge is 2.14. The Morgan fingerprint density at radius 3 is 2.90 bits per heavy atom. The van der Waals surface area contributed by atoms with Crippen molar-refractivity contribution in [2.45, 2.75) is 32.7 Å². The lowest BCUT2D eigenvalue weighted by atomic mass is 9.99. The van der Waals surface area contributed by atoms with E-state index in [1.54, 1.807) is 0 Å². The number of piperidine rings is 1. The summed E-state index contributed by atoms with van der Waals surface area (Å²) in [5.74, 6) is 2.49. The molecule has 1 aliphatic rings. The van der Waals surface area contributed by atoms with Gasteiger partial charge >= 0.3 is 0 Å². The fourth-order valence-electron chi connectivity index (χ4n) is 2.73. The van der Waals surface area contributed by atoms with Gasteiger partial charge in [0.25, 0.3) is 0 Å². The summed E-state index contributed by atoms with van der Waals surface area (Å²) in [5.41, 5.74) is 1.01. The summed E-state index contributed by atoms with van der Waals surface area (Å²) < 4.78 is 5.95. The number of aromatic nitrogens is 2. The number of hydrogen-bond acceptors (Lipinski definition) is 4. The van der Waals surface area contributed by atoms with E-state index < -0.39 is 0 Å². The molecule has 1 aromatic carbocycles. The van der Waals surface area contributed by atoms with Crippen molar-refractivity contribution in [2.24, 2.45) is 5.92 Å². The minimum absolute atomic E-state index is 0.368. The van der Waals surface area contributed by atoms with Crippen LogP contribution in [0, 0.1) is 5.92 Å². The number of fused-ring (bicyclic) bond motifs is 1. The van der Waals surface area contributed by atoms with Crippen molar-refractivity contribution in [3.63, 3.8) is 0 Å². The second-order valence-electron chi connectivity index (χ2n) is 6.08. The van der Waals surface area contributed by atoms with Gasteiger partial charge in [-0.05, 0) is 57.8 Å². The molecule has 0 bridgehead atoms. The minimum atomic E-state index is 0.368. The Morgan fingerprint density at radius 1 is 1.33 bits per heavy atom. The van der Waals surface area contributed by atoms with Crippen molar-refractivity contribution in [2.75, 3.05) is 25.0 Å². The smallest absolute Gasteiger partial charge is 0.155 e. The molecule has 2 heterocycles. The third-order valence-corrected chi connectivity index (χ3v) is 3.90. The quantitative estimate of drug-likeness (QED) is 0.791. The summed E-state index contributed by atoms with van der Waals surface area (Å²) in [6.45, 7) is 7.24. The van der Waals surface area contributed by atoms with Crippen molar-refractivity contribution in [3.05, 3.63) is 18.2 Å². The Labute approximate surface area is 125 Å². The second-order valence-corrected chi connectivity index (χ2v) is 6.08. The maximum absolute atomic E-state index is 5.95. The molecule has 1 fully saturated rings. The van der Waals surface area contributed by atoms with Crippen molar-refractivity contribution in [1.82, 2.24) is 15.5 Å². The van der Waals surface area contributed by atoms with Crippen LogP contribution in [-0.4, -0.2) is 35.9 Å². The van der Waals surface area contributed by atoms with Gasteiger partial charge < -0.3 is 15.4 Å². The van der Waals surface area contributed by atoms with Crippen LogP contribution in [0.5, 0.6) is 5.75 Å². The highest BCUT2D eigenvalue weighted by atomic mass is 16.5. The lowest BCUT2D eigenvalue weighted by molar-refractivity contribution is 0.215. The van der Waals surface area contributed by atoms with Gasteiger partial charge in [0, 0.05) is 17.5 Å². The number of H-pyrrole nitrogens is 1. The third kappa shape index (κ3) is 3.47. The molecule has 0 aliphatic carbocycles. The van der Waals surface area contributed by atoms with E-state index in [1.807, 2.05) is 12.1 Å². The predicted molar refractivity (Wildman–Crippen MR) is 85.9 cm³/mol. The molecule has 2 aromatic rings. The van der Waals surface area contributed by atoms with Crippen LogP contribution in [0.4, 0.5) is 5.82 Å². The lowest BCUT2D eigenvalue weighted by Gasteiger charge is -2.22. The maximum Gasteiger partial charge on any atom is 0.155 e. The first kappa shape index (κ1) is 14.2. The van der Waals surface area contributed by atoms with Crippen molar-refractivity contribution < 1.29 is 4.74 Å². The maximum atomic E-state index is 5.95. The zero-order valence-corrected chi connectivity index (χ0v) is 12.8. The molecule has 1 aliphatic heterocycles. The van der Waals surface area contributed by atoms with E-state index in [0.717, 1.165) is 42.2 Å². The number of benzene rings is 1. The van der Waals surface area contributed by atoms with E-state index in [2.05, 4.69) is 40.7 Å². The molecule has 0 radical (unpaired) electrons. The molecule has 0 atom stereocenters. The predicted octanol–water partition coefficient (Wildman–Crippen LogP) is 2.76. The molecule has 0 saturated carbocycles. The van der Waals surface area contributed by atoms with Crippen LogP contribution in [0.2, 0.25) is 0 Å². The van der Waals surface area contributed by atoms with Gasteiger partial charge in [-0.25, -0.2) is 0 Å². The Bertz CT molecular complexity index is 587. The van der Waals surface area contributed by atoms with Crippen molar-refractivity contribution >= 4 is 16.7 Å². The lowest BCUT2D eigenvalue weighted by Crippen LogP contribution is -2.30. The fraction of sp³-hybridized carbons (Fsp3) is 0.562. The second kappa shape index (κ2) is 6.35. The van der Waals surface area contributed by atoms with Crippen LogP contribution in [0.3, 0.4) is 0 Å². The zero-order valence-electron chi connectivity index (χ0n) is 12.8. The largest absolute Gasteiger partial charge is 0.493 e. The molecule has 1 saturated heterocycles. The molecular weight excluding hydrogens is 264 g/mol. The highest BCUT2D eigenvalue weighted by molar-refractivity contribution is 5.90. The summed E-state index contributed by atoms with van der Waals surface area (Å²) in [6.07, 6.45) is 2.41. The van der Waals surface area contributed by atoms with E-state index in [-0.39, 0.29) is 0 Å². The van der Waals surface area contributed by atoms with Crippen molar-refractivity contribution in [3.8, 4) is 5.75 Å². The number of ether oxygens (including phenoxy) is 1. The van der Waals surface area contributed by atoms with E-state index in [0.29, 0.717) is 12.0 Å². The van der Waals surface area contributed by atoms with Gasteiger partial charge in [0.05, 0.1) is 12.1 Å². The van der Waals surface area contributed by atoms with Gasteiger partial charge in [-0.1, -0.05) is 0 Å². The van der Waals surface area contributed by atoms with Gasteiger partial charge in [0.15, 0.2) is 5.82 Å². The van der Waals surface area contributed by atoms with Gasteiger partial charge in [0.2, 0.25) is 0 Å². The van der Waals surface area contributed by atoms with Gasteiger partial charge in [-0.2, -0.15) is 5.10 Å². The summed E-state index contributed by atoms with van der Waals surface area (Å²) in [5, 5.41) is 15.2. The molecule has 0 amide bonds. The topological polar surface area (TPSA) is 62.0 Å². The van der Waals surface area contributed by atoms with Gasteiger partial charge in [0.1, 0.15) is 5.75 Å². The number of nitrogens with zero attached hydrogens (tertiary/aromatic N) is 1. The van der Waals surface area contributed by atoms with E-state index in [1.165, 1.54) is 12.8 Å². The van der Waals surface area contributed by atoms with Gasteiger partial charge in [-0.15, -0.1) is 0 Å². The van der Waals surface area contributed by atoms with Crippen LogP contribution >= 0.6 is 0 Å². The molecule has 5 heteroatoms. The first-order valence-electron chi connectivity index (χ1n) is 7.80. The summed E-state index contributed by atoms with van der Waals surface area (Å²) >= 11 is 0. The molecule has 21 heavy (non-hydrogen) atoms. The third-order valence-electron chi connectivity index (χ3n) is 3.90. The Morgan fingerprint density at radius 2 is 2.14 bits per heavy atom. The Kier molecular flexibility index (Phi) is 4.29. The van der Waals surface area contributed by atoms with Crippen LogP contribution in [0.1, 0.15) is 26.7 Å². The fourth-order valence-corrected chi connectivity index (χ4v) is 2.73. The van der Waals surface area contributed by atoms with E-state index in [4.69, 9.17) is 4.74 Å². The summed E-state index contributed by atoms with van der Waals surface area (Å²) in [7, 11) is 0. The van der Waals surface area contributed by atoms with Crippen LogP contribution in [-0.2, 0) is 0 Å². The number of anilines is 1. The minimum Gasteiger partial charge on any atom is -0.493 e. The van der Waals surface area contributed by atoms with E-state index in [9.17, 15) is 0 Å². The van der Waals surface area contributed by atoms with Crippen LogP contribution < -0.4 is 15.4 Å². The van der Waals surface area contributed by atoms with Crippen molar-refractivity contribution in [1.29, 1.82) is 0 Å². The molecular formula is C16H24N4O. The average Bonchev–Trinajstić information content (AvgIpc) is 2.88. The SMILES string of the molecule is CC(C)Nc1n[nH]c2cc(OCC3CCNCC3)ccc12. The van der Waals surface area contributed by atoms with Crippen LogP contribution in [0.15, 0.2) is 18.2 Å². The molecule has 1 aromatic heterocycles. The molecule has 114 valence electrons. The first-order valence-corrected chi connectivity index (χ1v) is 7.80. The highest BCUT2D eigenvalue weighted by Crippen LogP contribution is 2.26. The standard InChI is InChI=1S/C16H24N4O/c1-11(2)18-16-14-4-3-13(9-15(14)19-20-16)21-10-12-5-7-17-8-6-12/h3-4,9,11-12,17H,5-8,10H2,1-2H3,(H2,18,19,20). The number of aromatic amines is 1. The van der Waals surface area contributed by atoms with E-state index >= 15 is 0 Å². The number of nitrogens with one attached hydrogen (secondary N) is 3.